The Labute approximate surface area is 320 Å². The van der Waals surface area contributed by atoms with Crippen LogP contribution < -0.4 is 34.7 Å². The first-order valence-corrected chi connectivity index (χ1v) is 18.6. The Balaban J connectivity index is 0.0000240. The maximum Gasteiger partial charge on any atom is 1.00 e. The number of amides is 1. The number of carboxylic acid groups (broad SMARTS) is 1. The van der Waals surface area contributed by atoms with Crippen LogP contribution in [0.5, 0.6) is 0 Å². The molecule has 1 amide bonds. The van der Waals surface area contributed by atoms with Crippen molar-refractivity contribution in [2.24, 2.45) is 0 Å². The molecule has 15 heteroatoms. The summed E-state index contributed by atoms with van der Waals surface area (Å²) in [6.45, 7) is 0.589. The summed E-state index contributed by atoms with van der Waals surface area (Å²) in [6.07, 6.45) is 1.55. The molecule has 290 valence electrons. The minimum atomic E-state index is -1.87. The molecule has 50 heavy (non-hydrogen) atoms. The first-order valence-electron chi connectivity index (χ1n) is 18.6. The zero-order chi connectivity index (χ0) is 36.6. The third kappa shape index (κ3) is 20.1. The number of carbonyl (C=O) groups is 2. The van der Waals surface area contributed by atoms with Crippen molar-refractivity contribution in [2.75, 3.05) is 26.3 Å². The fraction of sp³-hybridized carbons (Fsp3) is 0.943. The van der Waals surface area contributed by atoms with E-state index in [2.05, 4.69) is 6.92 Å². The average Bonchev–Trinajstić information content (AvgIpc) is 3.08. The molecule has 0 aromatic heterocycles. The van der Waals surface area contributed by atoms with Crippen LogP contribution in [-0.4, -0.2) is 139 Å². The van der Waals surface area contributed by atoms with Crippen molar-refractivity contribution in [1.29, 1.82) is 0 Å². The Morgan fingerprint density at radius 1 is 0.720 bits per heavy atom. The van der Waals surface area contributed by atoms with Gasteiger partial charge in [0.2, 0.25) is 5.91 Å². The van der Waals surface area contributed by atoms with Gasteiger partial charge in [-0.3, -0.25) is 4.79 Å². The summed E-state index contributed by atoms with van der Waals surface area (Å²) < 4.78 is 10.8. The van der Waals surface area contributed by atoms with E-state index in [-0.39, 0.29) is 54.9 Å². The number of hydrogen-bond donors (Lipinski definition) is 8. The maximum absolute atomic E-state index is 13.3. The summed E-state index contributed by atoms with van der Waals surface area (Å²) in [7, 11) is 0. The number of carbonyl (C=O) groups excluding carboxylic acids is 2. The van der Waals surface area contributed by atoms with Gasteiger partial charge in [-0.1, -0.05) is 96.8 Å². The van der Waals surface area contributed by atoms with Gasteiger partial charge in [0.05, 0.1) is 13.2 Å². The summed E-state index contributed by atoms with van der Waals surface area (Å²) in [5.74, 6) is -1.22. The van der Waals surface area contributed by atoms with Crippen molar-refractivity contribution >= 4 is 11.9 Å². The van der Waals surface area contributed by atoms with Gasteiger partial charge in [-0.15, -0.1) is 0 Å². The number of aliphatic hydroxyl groups excluding tert-OH is 8. The summed E-state index contributed by atoms with van der Waals surface area (Å²) in [4.78, 5) is 25.3. The number of unbranched alkanes of at least 4 members (excludes halogenated alkanes) is 15. The third-order valence-corrected chi connectivity index (χ3v) is 9.25. The number of nitrogens with zero attached hydrogens (tertiary/aromatic N) is 1. The fourth-order valence-electron chi connectivity index (χ4n) is 6.09. The van der Waals surface area contributed by atoms with Crippen molar-refractivity contribution in [3.63, 3.8) is 0 Å². The number of ether oxygens (including phenoxy) is 2. The molecule has 0 radical (unpaired) electrons. The molecule has 0 spiro atoms. The van der Waals surface area contributed by atoms with E-state index in [4.69, 9.17) is 9.47 Å². The summed E-state index contributed by atoms with van der Waals surface area (Å²) in [5, 5.41) is 92.7. The fourth-order valence-corrected chi connectivity index (χ4v) is 6.09. The maximum atomic E-state index is 13.3. The third-order valence-electron chi connectivity index (χ3n) is 9.25. The number of hydrogen-bond acceptors (Lipinski definition) is 13. The zero-order valence-corrected chi connectivity index (χ0v) is 32.5. The van der Waals surface area contributed by atoms with Gasteiger partial charge in [-0.05, 0) is 25.7 Å². The van der Waals surface area contributed by atoms with Crippen molar-refractivity contribution < 1.29 is 94.6 Å². The van der Waals surface area contributed by atoms with E-state index in [9.17, 15) is 55.5 Å². The van der Waals surface area contributed by atoms with Crippen molar-refractivity contribution in [2.45, 2.75) is 184 Å². The molecule has 1 aliphatic rings. The average molecular weight is 732 g/mol. The van der Waals surface area contributed by atoms with Gasteiger partial charge < -0.3 is 65.1 Å². The summed E-state index contributed by atoms with van der Waals surface area (Å²) >= 11 is 0. The van der Waals surface area contributed by atoms with E-state index < -0.39 is 74.3 Å². The van der Waals surface area contributed by atoms with Crippen LogP contribution in [0.25, 0.3) is 0 Å². The van der Waals surface area contributed by atoms with Crippen LogP contribution >= 0.6 is 0 Å². The molecule has 1 fully saturated rings. The number of rotatable bonds is 30. The first kappa shape index (κ1) is 49.5. The molecule has 0 aliphatic carbocycles. The van der Waals surface area contributed by atoms with Gasteiger partial charge in [0.25, 0.3) is 0 Å². The molecule has 1 saturated heterocycles. The van der Waals surface area contributed by atoms with E-state index in [1.807, 2.05) is 0 Å². The monoisotopic (exact) mass is 731 g/mol. The predicted molar refractivity (Wildman–Crippen MR) is 179 cm³/mol. The van der Waals surface area contributed by atoms with Gasteiger partial charge in [-0.2, -0.15) is 0 Å². The molecule has 9 unspecified atom stereocenters. The van der Waals surface area contributed by atoms with Crippen LogP contribution in [0.15, 0.2) is 0 Å². The van der Waals surface area contributed by atoms with Gasteiger partial charge >= 0.3 is 29.6 Å². The standard InChI is InChI=1S/C35H67NO13.Na/c1-2-3-4-5-6-7-10-13-16-19-28(41)36(21-18-15-12-9-8-11-14-17-20-29(42)43)22-25(39)30(44)34(26(40)23-37)49-35-33(47)32(46)31(45)27(24-38)48-35;/h25-27,30-35,37-40,44-47H,2-24H2,1H3,(H,42,43);/q;+1/p-1. The van der Waals surface area contributed by atoms with Crippen LogP contribution in [0.4, 0.5) is 0 Å². The molecule has 0 aromatic carbocycles. The Morgan fingerprint density at radius 2 is 1.22 bits per heavy atom. The largest absolute Gasteiger partial charge is 1.00 e. The number of aliphatic hydroxyl groups is 8. The van der Waals surface area contributed by atoms with Crippen molar-refractivity contribution in [3.05, 3.63) is 0 Å². The van der Waals surface area contributed by atoms with E-state index in [0.29, 0.717) is 25.8 Å². The molecule has 0 saturated carbocycles. The van der Waals surface area contributed by atoms with Crippen LogP contribution in [0, 0.1) is 0 Å². The molecule has 0 bridgehead atoms. The minimum Gasteiger partial charge on any atom is -0.550 e. The SMILES string of the molecule is CCCCCCCCCCCC(=O)N(CCCCCCCCCCC(=O)[O-])CC(O)C(O)C(OC1OC(CO)C(O)C(O)C1O)C(O)CO.[Na+]. The quantitative estimate of drug-likeness (QED) is 0.0277. The second-order valence-electron chi connectivity index (χ2n) is 13.5. The Morgan fingerprint density at radius 3 is 1.72 bits per heavy atom. The molecule has 1 heterocycles. The van der Waals surface area contributed by atoms with Gasteiger partial charge in [-0.25, -0.2) is 0 Å². The van der Waals surface area contributed by atoms with Crippen molar-refractivity contribution in [1.82, 2.24) is 4.90 Å². The van der Waals surface area contributed by atoms with Crippen LogP contribution in [-0.2, 0) is 19.1 Å². The second kappa shape index (κ2) is 29.9. The molecule has 0 aromatic rings. The molecular formula is C35H66NNaO13. The van der Waals surface area contributed by atoms with Crippen molar-refractivity contribution in [3.8, 4) is 0 Å². The Hall–Kier alpha value is -0.460. The van der Waals surface area contributed by atoms with E-state index in [1.165, 1.54) is 37.0 Å². The normalized spacial score (nSPS) is 23.1. The van der Waals surface area contributed by atoms with Gasteiger partial charge in [0, 0.05) is 25.5 Å². The second-order valence-corrected chi connectivity index (χ2v) is 13.5. The number of carboxylic acids is 1. The van der Waals surface area contributed by atoms with E-state index in [0.717, 1.165) is 57.8 Å². The molecule has 8 N–H and O–H groups in total. The Kier molecular flexibility index (Phi) is 29.7. The molecule has 1 aliphatic heterocycles. The van der Waals surface area contributed by atoms with E-state index in [1.54, 1.807) is 0 Å². The Bertz CT molecular complexity index is 857. The zero-order valence-electron chi connectivity index (χ0n) is 30.5. The van der Waals surface area contributed by atoms with Gasteiger partial charge in [0.1, 0.15) is 48.8 Å². The first-order chi connectivity index (χ1) is 23.5. The predicted octanol–water partition coefficient (Wildman–Crippen LogP) is -2.74. The van der Waals surface area contributed by atoms with Crippen LogP contribution in [0.2, 0.25) is 0 Å². The topological polar surface area (TPSA) is 241 Å². The minimum absolute atomic E-state index is 0. The summed E-state index contributed by atoms with van der Waals surface area (Å²) in [5.41, 5.74) is 0. The van der Waals surface area contributed by atoms with Gasteiger partial charge in [0.15, 0.2) is 6.29 Å². The molecule has 14 nitrogen and oxygen atoms in total. The molecular weight excluding hydrogens is 665 g/mol. The van der Waals surface area contributed by atoms with Crippen LogP contribution in [0.1, 0.15) is 129 Å². The molecule has 9 atom stereocenters. The van der Waals surface area contributed by atoms with E-state index >= 15 is 0 Å². The number of aliphatic carboxylic acids is 1. The van der Waals surface area contributed by atoms with Crippen LogP contribution in [0.3, 0.4) is 0 Å². The smallest absolute Gasteiger partial charge is 0.550 e. The molecule has 1 rings (SSSR count). The summed E-state index contributed by atoms with van der Waals surface area (Å²) in [6, 6.07) is 0.